The maximum atomic E-state index is 15.0. The summed E-state index contributed by atoms with van der Waals surface area (Å²) in [5, 5.41) is 26.0. The maximum absolute atomic E-state index is 15.0. The van der Waals surface area contributed by atoms with Crippen molar-refractivity contribution in [2.45, 2.75) is 50.7 Å². The average molecular weight is 856 g/mol. The number of carbonyl (C=O) groups is 3. The third kappa shape index (κ3) is 9.37. The van der Waals surface area contributed by atoms with Gasteiger partial charge >= 0.3 is 5.97 Å². The van der Waals surface area contributed by atoms with Crippen molar-refractivity contribution in [1.82, 2.24) is 10.2 Å². The second kappa shape index (κ2) is 17.9. The number of nitrogens with zero attached hydrogens (tertiary/aromatic N) is 2. The summed E-state index contributed by atoms with van der Waals surface area (Å²) in [6.07, 6.45) is -0.763. The standard InChI is InChI=1S/C48H37Cl2FN4O6/c49-38-18-9-30(19-39(38)50)27-60-37-16-14-33(15-17-37)45-47(57)53-41-21-35-22-43(55(26-36(35)23-44(41)61-45)25-34-3-1-2-4-40(34)51)46(56)54-42(48(58)59)20-28-5-10-31(11-6-28)32-12-7-29(24-52)8-13-32/h1-19,21,23,42-43,45H,20,22,25-27H2,(H,53,57)(H,54,56)(H,58,59)/t42?,43-,45-/m0/s1. The van der Waals surface area contributed by atoms with Gasteiger partial charge in [0.2, 0.25) is 12.0 Å². The monoisotopic (exact) mass is 854 g/mol. The molecule has 3 N–H and O–H groups in total. The summed E-state index contributed by atoms with van der Waals surface area (Å²) in [5.74, 6) is -1.50. The summed E-state index contributed by atoms with van der Waals surface area (Å²) in [5.41, 5.74) is 6.90. The zero-order valence-electron chi connectivity index (χ0n) is 32.4. The Morgan fingerprint density at radius 1 is 0.902 bits per heavy atom. The zero-order valence-corrected chi connectivity index (χ0v) is 33.9. The van der Waals surface area contributed by atoms with Crippen molar-refractivity contribution in [1.29, 1.82) is 5.26 Å². The fourth-order valence-electron chi connectivity index (χ4n) is 7.54. The van der Waals surface area contributed by atoms with Gasteiger partial charge in [-0.05, 0) is 94.4 Å². The molecule has 0 bridgehead atoms. The SMILES string of the molecule is N#Cc1ccc(-c2ccc(CC(NC(=O)[C@@H]3Cc4cc5c(cc4CN3Cc3ccccc3F)O[C@@H](c3ccc(OCc4ccc(Cl)c(Cl)c4)cc3)C(=O)N5)C(=O)O)cc2)cc1. The van der Waals surface area contributed by atoms with Crippen LogP contribution in [0.1, 0.15) is 45.0 Å². The van der Waals surface area contributed by atoms with Gasteiger partial charge in [0.05, 0.1) is 33.4 Å². The van der Waals surface area contributed by atoms with Gasteiger partial charge < -0.3 is 25.2 Å². The number of halogens is 3. The second-order valence-corrected chi connectivity index (χ2v) is 15.7. The smallest absolute Gasteiger partial charge is 0.326 e. The number of rotatable bonds is 12. The van der Waals surface area contributed by atoms with Crippen molar-refractivity contribution in [3.05, 3.63) is 182 Å². The highest BCUT2D eigenvalue weighted by molar-refractivity contribution is 6.42. The van der Waals surface area contributed by atoms with Crippen LogP contribution in [0.25, 0.3) is 11.1 Å². The molecule has 6 aromatic carbocycles. The topological polar surface area (TPSA) is 141 Å². The lowest BCUT2D eigenvalue weighted by Gasteiger charge is -2.37. The lowest BCUT2D eigenvalue weighted by molar-refractivity contribution is -0.142. The first-order valence-corrected chi connectivity index (χ1v) is 20.2. The van der Waals surface area contributed by atoms with E-state index in [-0.39, 0.29) is 38.4 Å². The third-order valence-electron chi connectivity index (χ3n) is 10.8. The first-order valence-electron chi connectivity index (χ1n) is 19.4. The number of carboxylic acid groups (broad SMARTS) is 1. The summed E-state index contributed by atoms with van der Waals surface area (Å²) in [4.78, 5) is 41.9. The van der Waals surface area contributed by atoms with Crippen LogP contribution in [-0.2, 0) is 46.9 Å². The number of nitrogens with one attached hydrogen (secondary N) is 2. The van der Waals surface area contributed by atoms with E-state index in [1.54, 1.807) is 72.8 Å². The maximum Gasteiger partial charge on any atom is 0.326 e. The molecule has 0 saturated heterocycles. The predicted molar refractivity (Wildman–Crippen MR) is 229 cm³/mol. The van der Waals surface area contributed by atoms with Crippen LogP contribution in [0.5, 0.6) is 11.5 Å². The predicted octanol–water partition coefficient (Wildman–Crippen LogP) is 9.06. The zero-order chi connectivity index (χ0) is 42.6. The Hall–Kier alpha value is -6.71. The number of hydrogen-bond acceptors (Lipinski definition) is 7. The normalized spacial score (nSPS) is 16.2. The summed E-state index contributed by atoms with van der Waals surface area (Å²) in [6.45, 7) is 0.564. The number of fused-ring (bicyclic) bond motifs is 2. The number of carbonyl (C=O) groups excluding carboxylic acids is 2. The van der Waals surface area contributed by atoms with E-state index in [1.165, 1.54) is 6.07 Å². The molecule has 13 heteroatoms. The van der Waals surface area contributed by atoms with Crippen LogP contribution in [0.15, 0.2) is 127 Å². The van der Waals surface area contributed by atoms with E-state index in [2.05, 4.69) is 16.7 Å². The van der Waals surface area contributed by atoms with Gasteiger partial charge in [-0.2, -0.15) is 5.26 Å². The molecule has 0 aliphatic carbocycles. The Morgan fingerprint density at radius 2 is 1.61 bits per heavy atom. The van der Waals surface area contributed by atoms with Gasteiger partial charge in [0.25, 0.3) is 5.91 Å². The van der Waals surface area contributed by atoms with Crippen LogP contribution < -0.4 is 20.1 Å². The molecule has 306 valence electrons. The molecule has 3 atom stereocenters. The number of carboxylic acids is 1. The molecule has 0 fully saturated rings. The summed E-state index contributed by atoms with van der Waals surface area (Å²) in [7, 11) is 0. The molecular weight excluding hydrogens is 818 g/mol. The number of aliphatic carboxylic acids is 1. The van der Waals surface area contributed by atoms with Crippen molar-refractivity contribution in [2.24, 2.45) is 0 Å². The van der Waals surface area contributed by atoms with Gasteiger partial charge in [0, 0.05) is 30.6 Å². The highest BCUT2D eigenvalue weighted by Gasteiger charge is 2.37. The molecule has 2 amide bonds. The van der Waals surface area contributed by atoms with Crippen LogP contribution >= 0.6 is 23.2 Å². The molecule has 10 nitrogen and oxygen atoms in total. The van der Waals surface area contributed by atoms with Gasteiger partial charge in [0.15, 0.2) is 0 Å². The van der Waals surface area contributed by atoms with E-state index in [0.717, 1.165) is 27.8 Å². The van der Waals surface area contributed by atoms with E-state index in [9.17, 15) is 19.5 Å². The number of ether oxygens (including phenoxy) is 2. The molecule has 1 unspecified atom stereocenters. The molecule has 8 rings (SSSR count). The molecule has 6 aromatic rings. The molecule has 2 aliphatic heterocycles. The van der Waals surface area contributed by atoms with Crippen molar-refractivity contribution >= 4 is 46.7 Å². The third-order valence-corrected chi connectivity index (χ3v) is 11.6. The van der Waals surface area contributed by atoms with Crippen LogP contribution in [0.2, 0.25) is 10.0 Å². The Bertz CT molecular complexity index is 2670. The summed E-state index contributed by atoms with van der Waals surface area (Å²) >= 11 is 12.2. The first-order chi connectivity index (χ1) is 29.5. The van der Waals surface area contributed by atoms with E-state index in [1.807, 2.05) is 53.4 Å². The van der Waals surface area contributed by atoms with Crippen molar-refractivity contribution in [3.63, 3.8) is 0 Å². The first kappa shape index (κ1) is 41.0. The van der Waals surface area contributed by atoms with Crippen molar-refractivity contribution in [3.8, 4) is 28.7 Å². The Kier molecular flexibility index (Phi) is 12.0. The molecule has 0 aromatic heterocycles. The lowest BCUT2D eigenvalue weighted by atomic mass is 9.91. The highest BCUT2D eigenvalue weighted by atomic mass is 35.5. The Morgan fingerprint density at radius 3 is 2.30 bits per heavy atom. The van der Waals surface area contributed by atoms with E-state index >= 15 is 4.39 Å². The van der Waals surface area contributed by atoms with Crippen LogP contribution in [-0.4, -0.2) is 39.9 Å². The number of nitriles is 1. The van der Waals surface area contributed by atoms with Crippen molar-refractivity contribution in [2.75, 3.05) is 5.32 Å². The Labute approximate surface area is 361 Å². The molecular formula is C48H37Cl2FN4O6. The largest absolute Gasteiger partial charge is 0.489 e. The minimum atomic E-state index is -1.25. The summed E-state index contributed by atoms with van der Waals surface area (Å²) < 4.78 is 27.2. The minimum Gasteiger partial charge on any atom is -0.489 e. The van der Waals surface area contributed by atoms with Gasteiger partial charge in [0.1, 0.15) is 30.0 Å². The van der Waals surface area contributed by atoms with E-state index in [4.69, 9.17) is 37.9 Å². The van der Waals surface area contributed by atoms with Gasteiger partial charge in [-0.25, -0.2) is 9.18 Å². The average Bonchev–Trinajstić information content (AvgIpc) is 3.26. The summed E-state index contributed by atoms with van der Waals surface area (Å²) in [6, 6.07) is 36.7. The quantitative estimate of drug-likeness (QED) is 0.111. The fraction of sp³-hybridized carbons (Fsp3) is 0.167. The van der Waals surface area contributed by atoms with Gasteiger partial charge in [-0.15, -0.1) is 0 Å². The van der Waals surface area contributed by atoms with E-state index < -0.39 is 35.9 Å². The van der Waals surface area contributed by atoms with E-state index in [0.29, 0.717) is 49.5 Å². The number of benzene rings is 6. The minimum absolute atomic E-state index is 0.0257. The number of hydrogen-bond donors (Lipinski definition) is 3. The molecule has 61 heavy (non-hydrogen) atoms. The number of anilines is 1. The van der Waals surface area contributed by atoms with Crippen LogP contribution in [0.3, 0.4) is 0 Å². The van der Waals surface area contributed by atoms with Crippen LogP contribution in [0.4, 0.5) is 10.1 Å². The van der Waals surface area contributed by atoms with Gasteiger partial charge in [-0.1, -0.05) is 96.0 Å². The molecule has 2 heterocycles. The van der Waals surface area contributed by atoms with Gasteiger partial charge in [-0.3, -0.25) is 14.5 Å². The highest BCUT2D eigenvalue weighted by Crippen LogP contribution is 2.40. The molecule has 0 radical (unpaired) electrons. The van der Waals surface area contributed by atoms with Crippen molar-refractivity contribution < 1.29 is 33.4 Å². The number of amides is 2. The Balaban J connectivity index is 0.984. The second-order valence-electron chi connectivity index (χ2n) is 14.9. The molecule has 0 saturated carbocycles. The molecule has 2 aliphatic rings. The lowest BCUT2D eigenvalue weighted by Crippen LogP contribution is -2.54. The molecule has 0 spiro atoms. The van der Waals surface area contributed by atoms with Crippen LogP contribution in [0, 0.1) is 17.1 Å². The fourth-order valence-corrected chi connectivity index (χ4v) is 7.86.